The third-order valence-electron chi connectivity index (χ3n) is 6.99. The van der Waals surface area contributed by atoms with E-state index in [-0.39, 0.29) is 44.4 Å². The Hall–Kier alpha value is -3.39. The summed E-state index contributed by atoms with van der Waals surface area (Å²) in [4.78, 5) is 38.1. The predicted molar refractivity (Wildman–Crippen MR) is 130 cm³/mol. The monoisotopic (exact) mass is 480 g/mol. The SMILES string of the molecule is CCCC[C@H](CC(=O)N1CCC(O)(C(=O)O)C1)NC(=O)OCC1c2ccccc2-c2ccccc21. The van der Waals surface area contributed by atoms with E-state index in [2.05, 4.69) is 29.6 Å². The Balaban J connectivity index is 1.36. The van der Waals surface area contributed by atoms with Crippen LogP contribution in [0.3, 0.4) is 0 Å². The summed E-state index contributed by atoms with van der Waals surface area (Å²) >= 11 is 0. The van der Waals surface area contributed by atoms with Gasteiger partial charge in [0.25, 0.3) is 0 Å². The highest BCUT2D eigenvalue weighted by atomic mass is 16.5. The smallest absolute Gasteiger partial charge is 0.407 e. The number of aliphatic hydroxyl groups is 1. The average molecular weight is 481 g/mol. The minimum atomic E-state index is -1.91. The Morgan fingerprint density at radius 2 is 1.74 bits per heavy atom. The summed E-state index contributed by atoms with van der Waals surface area (Å²) in [5, 5.41) is 22.2. The molecule has 2 atom stereocenters. The van der Waals surface area contributed by atoms with Gasteiger partial charge in [-0.25, -0.2) is 9.59 Å². The summed E-state index contributed by atoms with van der Waals surface area (Å²) in [7, 11) is 0. The van der Waals surface area contributed by atoms with Gasteiger partial charge >= 0.3 is 12.1 Å². The molecule has 8 heteroatoms. The van der Waals surface area contributed by atoms with Crippen molar-refractivity contribution in [1.82, 2.24) is 10.2 Å². The number of alkyl carbamates (subject to hydrolysis) is 1. The number of β-amino-alcohol motifs (C(OH)–C–C–N with tert-alkyl or cyclic N) is 1. The number of carbonyl (C=O) groups is 3. The fourth-order valence-electron chi connectivity index (χ4n) is 5.00. The molecule has 0 saturated carbocycles. The molecule has 2 aromatic rings. The topological polar surface area (TPSA) is 116 Å². The van der Waals surface area contributed by atoms with Crippen molar-refractivity contribution in [2.24, 2.45) is 0 Å². The number of carboxylic acids is 1. The third-order valence-corrected chi connectivity index (χ3v) is 6.99. The van der Waals surface area contributed by atoms with Crippen LogP contribution < -0.4 is 5.32 Å². The molecule has 1 heterocycles. The maximum absolute atomic E-state index is 12.8. The molecule has 2 amide bonds. The highest BCUT2D eigenvalue weighted by molar-refractivity contribution is 5.83. The van der Waals surface area contributed by atoms with E-state index in [1.54, 1.807) is 0 Å². The number of hydrogen-bond donors (Lipinski definition) is 3. The van der Waals surface area contributed by atoms with E-state index in [0.717, 1.165) is 35.1 Å². The average Bonchev–Trinajstić information content (AvgIpc) is 3.41. The van der Waals surface area contributed by atoms with Crippen LogP contribution in [0.15, 0.2) is 48.5 Å². The summed E-state index contributed by atoms with van der Waals surface area (Å²) in [6.45, 7) is 2.14. The van der Waals surface area contributed by atoms with Crippen molar-refractivity contribution in [1.29, 1.82) is 0 Å². The Bertz CT molecular complexity index is 1060. The van der Waals surface area contributed by atoms with Gasteiger partial charge in [0.05, 0.1) is 6.54 Å². The van der Waals surface area contributed by atoms with Crippen LogP contribution in [-0.2, 0) is 14.3 Å². The van der Waals surface area contributed by atoms with E-state index >= 15 is 0 Å². The molecule has 0 radical (unpaired) electrons. The van der Waals surface area contributed by atoms with Gasteiger partial charge in [0.1, 0.15) is 6.61 Å². The zero-order valence-corrected chi connectivity index (χ0v) is 19.9. The molecule has 2 aromatic carbocycles. The van der Waals surface area contributed by atoms with Gasteiger partial charge in [-0.3, -0.25) is 4.79 Å². The normalized spacial score (nSPS) is 19.7. The molecular weight excluding hydrogens is 448 g/mol. The summed E-state index contributed by atoms with van der Waals surface area (Å²) < 4.78 is 5.63. The standard InChI is InChI=1S/C27H32N2O6/c1-2-3-8-18(15-24(30)29-14-13-27(34,17-29)25(31)32)28-26(33)35-16-23-21-11-6-4-9-19(21)20-10-5-7-12-22(20)23/h4-7,9-12,18,23,34H,2-3,8,13-17H2,1H3,(H,28,33)(H,31,32)/t18-,27?/m1/s1. The van der Waals surface area contributed by atoms with Crippen molar-refractivity contribution in [3.05, 3.63) is 59.7 Å². The quantitative estimate of drug-likeness (QED) is 0.506. The van der Waals surface area contributed by atoms with Gasteiger partial charge in [-0.05, 0) is 28.7 Å². The summed E-state index contributed by atoms with van der Waals surface area (Å²) in [5.74, 6) is -1.67. The molecule has 4 rings (SSSR count). The summed E-state index contributed by atoms with van der Waals surface area (Å²) in [5.41, 5.74) is 2.64. The number of likely N-dealkylation sites (tertiary alicyclic amines) is 1. The van der Waals surface area contributed by atoms with E-state index in [1.807, 2.05) is 31.2 Å². The van der Waals surface area contributed by atoms with Crippen molar-refractivity contribution >= 4 is 18.0 Å². The Labute approximate surface area is 204 Å². The van der Waals surface area contributed by atoms with Gasteiger partial charge < -0.3 is 25.2 Å². The lowest BCUT2D eigenvalue weighted by Gasteiger charge is -2.23. The lowest BCUT2D eigenvalue weighted by Crippen LogP contribution is -2.44. The van der Waals surface area contributed by atoms with Gasteiger partial charge in [-0.2, -0.15) is 0 Å². The number of fused-ring (bicyclic) bond motifs is 3. The molecule has 1 aliphatic carbocycles. The maximum Gasteiger partial charge on any atom is 0.407 e. The fourth-order valence-corrected chi connectivity index (χ4v) is 5.00. The number of carbonyl (C=O) groups excluding carboxylic acids is 2. The number of benzene rings is 2. The van der Waals surface area contributed by atoms with Gasteiger partial charge in [0.2, 0.25) is 5.91 Å². The number of ether oxygens (including phenoxy) is 1. The fraction of sp³-hybridized carbons (Fsp3) is 0.444. The molecule has 1 saturated heterocycles. The maximum atomic E-state index is 12.8. The number of carboxylic acid groups (broad SMARTS) is 1. The number of unbranched alkanes of at least 4 members (excludes halogenated alkanes) is 1. The molecule has 1 unspecified atom stereocenters. The van der Waals surface area contributed by atoms with Crippen molar-refractivity contribution in [2.45, 2.75) is 56.6 Å². The molecule has 3 N–H and O–H groups in total. The lowest BCUT2D eigenvalue weighted by molar-refractivity contribution is -0.157. The number of aliphatic carboxylic acids is 1. The lowest BCUT2D eigenvalue weighted by atomic mass is 9.98. The van der Waals surface area contributed by atoms with E-state index in [1.165, 1.54) is 4.90 Å². The second-order valence-electron chi connectivity index (χ2n) is 9.42. The number of nitrogens with one attached hydrogen (secondary N) is 1. The molecule has 0 aromatic heterocycles. The minimum Gasteiger partial charge on any atom is -0.479 e. The van der Waals surface area contributed by atoms with Crippen molar-refractivity contribution in [3.8, 4) is 11.1 Å². The van der Waals surface area contributed by atoms with Crippen LogP contribution in [0, 0.1) is 0 Å². The third kappa shape index (κ3) is 5.32. The van der Waals surface area contributed by atoms with Crippen molar-refractivity contribution in [3.63, 3.8) is 0 Å². The molecule has 8 nitrogen and oxygen atoms in total. The second-order valence-corrected chi connectivity index (χ2v) is 9.42. The molecule has 35 heavy (non-hydrogen) atoms. The molecule has 1 fully saturated rings. The first kappa shape index (κ1) is 24.7. The van der Waals surface area contributed by atoms with Crippen LogP contribution in [0.1, 0.15) is 56.1 Å². The van der Waals surface area contributed by atoms with Crippen LogP contribution in [-0.4, -0.2) is 64.4 Å². The van der Waals surface area contributed by atoms with E-state index < -0.39 is 23.7 Å². The Kier molecular flexibility index (Phi) is 7.40. The zero-order valence-electron chi connectivity index (χ0n) is 19.9. The number of hydrogen-bond acceptors (Lipinski definition) is 5. The summed E-state index contributed by atoms with van der Waals surface area (Å²) in [6, 6.07) is 15.8. The molecular formula is C27H32N2O6. The summed E-state index contributed by atoms with van der Waals surface area (Å²) in [6.07, 6.45) is 1.76. The largest absolute Gasteiger partial charge is 0.479 e. The van der Waals surface area contributed by atoms with E-state index in [4.69, 9.17) is 4.74 Å². The highest BCUT2D eigenvalue weighted by Crippen LogP contribution is 2.44. The van der Waals surface area contributed by atoms with E-state index in [0.29, 0.717) is 6.42 Å². The van der Waals surface area contributed by atoms with E-state index in [9.17, 15) is 24.6 Å². The van der Waals surface area contributed by atoms with Crippen LogP contribution in [0.2, 0.25) is 0 Å². The second kappa shape index (κ2) is 10.5. The number of nitrogens with zero attached hydrogens (tertiary/aromatic N) is 1. The highest BCUT2D eigenvalue weighted by Gasteiger charge is 2.44. The van der Waals surface area contributed by atoms with Gasteiger partial charge in [-0.15, -0.1) is 0 Å². The van der Waals surface area contributed by atoms with Gasteiger partial charge in [0.15, 0.2) is 5.60 Å². The molecule has 186 valence electrons. The van der Waals surface area contributed by atoms with Crippen molar-refractivity contribution in [2.75, 3.05) is 19.7 Å². The molecule has 0 spiro atoms. The van der Waals surface area contributed by atoms with Crippen LogP contribution >= 0.6 is 0 Å². The van der Waals surface area contributed by atoms with Crippen LogP contribution in [0.5, 0.6) is 0 Å². The first-order valence-corrected chi connectivity index (χ1v) is 12.2. The number of rotatable bonds is 9. The van der Waals surface area contributed by atoms with Gasteiger partial charge in [0, 0.05) is 31.3 Å². The molecule has 1 aliphatic heterocycles. The first-order chi connectivity index (χ1) is 16.8. The molecule has 0 bridgehead atoms. The Morgan fingerprint density at radius 3 is 2.31 bits per heavy atom. The van der Waals surface area contributed by atoms with Crippen molar-refractivity contribution < 1.29 is 29.3 Å². The van der Waals surface area contributed by atoms with Gasteiger partial charge in [-0.1, -0.05) is 68.3 Å². The first-order valence-electron chi connectivity index (χ1n) is 12.2. The molecule has 2 aliphatic rings. The Morgan fingerprint density at radius 1 is 1.11 bits per heavy atom. The number of amides is 2. The predicted octanol–water partition coefficient (Wildman–Crippen LogP) is 3.52. The van der Waals surface area contributed by atoms with Crippen LogP contribution in [0.25, 0.3) is 11.1 Å². The zero-order chi connectivity index (χ0) is 25.0. The van der Waals surface area contributed by atoms with Crippen LogP contribution in [0.4, 0.5) is 4.79 Å². The minimum absolute atomic E-state index is 0.00644.